The number of rotatable bonds is 3. The molecule has 176 valence electrons. The van der Waals surface area contributed by atoms with E-state index >= 15 is 0 Å². The van der Waals surface area contributed by atoms with Crippen molar-refractivity contribution in [3.63, 3.8) is 0 Å². The van der Waals surface area contributed by atoms with E-state index in [1.165, 1.54) is 18.5 Å². The van der Waals surface area contributed by atoms with Gasteiger partial charge in [0.05, 0.1) is 22.1 Å². The second kappa shape index (κ2) is 8.08. The number of halogens is 4. The highest BCUT2D eigenvalue weighted by Gasteiger charge is 2.32. The Morgan fingerprint density at radius 3 is 2.32 bits per heavy atom. The van der Waals surface area contributed by atoms with E-state index < -0.39 is 29.0 Å². The Morgan fingerprint density at radius 1 is 1.03 bits per heavy atom. The highest BCUT2D eigenvalue weighted by molar-refractivity contribution is 6.05. The summed E-state index contributed by atoms with van der Waals surface area (Å²) in [5.41, 5.74) is 5.88. The first kappa shape index (κ1) is 23.1. The second-order valence-electron chi connectivity index (χ2n) is 8.61. The lowest BCUT2D eigenvalue weighted by Gasteiger charge is -2.19. The third-order valence-electron chi connectivity index (χ3n) is 5.08. The van der Waals surface area contributed by atoms with E-state index in [9.17, 15) is 22.4 Å². The van der Waals surface area contributed by atoms with Crippen molar-refractivity contribution in [3.8, 4) is 11.3 Å². The molecule has 0 atom stereocenters. The Hall–Kier alpha value is -4.02. The SMILES string of the molecule is CC(C)(C)n1nc(-c2ccc(NC(=O)c3cc(C(F)(F)F)ccc3F)cc2)c2c(N)ncnc21. The largest absolute Gasteiger partial charge is 0.416 e. The molecule has 0 saturated heterocycles. The lowest BCUT2D eigenvalue weighted by Crippen LogP contribution is -2.23. The minimum Gasteiger partial charge on any atom is -0.383 e. The molecule has 0 spiro atoms. The van der Waals surface area contributed by atoms with E-state index in [2.05, 4.69) is 20.4 Å². The summed E-state index contributed by atoms with van der Waals surface area (Å²) in [5.74, 6) is -1.80. The maximum absolute atomic E-state index is 14.0. The zero-order chi connectivity index (χ0) is 24.8. The molecular weight excluding hydrogens is 452 g/mol. The molecule has 0 aliphatic carbocycles. The van der Waals surface area contributed by atoms with Gasteiger partial charge < -0.3 is 11.1 Å². The average molecular weight is 472 g/mol. The monoisotopic (exact) mass is 472 g/mol. The molecule has 0 aliphatic heterocycles. The van der Waals surface area contributed by atoms with Crippen molar-refractivity contribution in [1.29, 1.82) is 0 Å². The van der Waals surface area contributed by atoms with Gasteiger partial charge in [-0.15, -0.1) is 0 Å². The zero-order valence-electron chi connectivity index (χ0n) is 18.4. The van der Waals surface area contributed by atoms with Crippen molar-refractivity contribution < 1.29 is 22.4 Å². The van der Waals surface area contributed by atoms with Crippen LogP contribution in [0.3, 0.4) is 0 Å². The van der Waals surface area contributed by atoms with Gasteiger partial charge in [-0.25, -0.2) is 19.0 Å². The van der Waals surface area contributed by atoms with Gasteiger partial charge in [-0.05, 0) is 51.1 Å². The first-order valence-corrected chi connectivity index (χ1v) is 10.1. The number of nitrogens with one attached hydrogen (secondary N) is 1. The normalized spacial score (nSPS) is 12.2. The van der Waals surface area contributed by atoms with Gasteiger partial charge in [0.25, 0.3) is 5.91 Å². The van der Waals surface area contributed by atoms with E-state index in [0.717, 1.165) is 0 Å². The van der Waals surface area contributed by atoms with Gasteiger partial charge in [-0.2, -0.15) is 18.3 Å². The number of aromatic nitrogens is 4. The Kier molecular flexibility index (Phi) is 5.50. The molecule has 2 aromatic heterocycles. The molecule has 0 fully saturated rings. The van der Waals surface area contributed by atoms with Crippen LogP contribution in [0.1, 0.15) is 36.7 Å². The summed E-state index contributed by atoms with van der Waals surface area (Å²) in [6.45, 7) is 5.90. The van der Waals surface area contributed by atoms with Crippen molar-refractivity contribution in [2.45, 2.75) is 32.5 Å². The van der Waals surface area contributed by atoms with Crippen LogP contribution in [0.4, 0.5) is 29.1 Å². The molecule has 0 unspecified atom stereocenters. The van der Waals surface area contributed by atoms with Crippen LogP contribution in [-0.2, 0) is 11.7 Å². The van der Waals surface area contributed by atoms with Gasteiger partial charge in [0.15, 0.2) is 5.65 Å². The fourth-order valence-electron chi connectivity index (χ4n) is 3.43. The number of fused-ring (bicyclic) bond motifs is 1. The zero-order valence-corrected chi connectivity index (χ0v) is 18.4. The lowest BCUT2D eigenvalue weighted by molar-refractivity contribution is -0.137. The smallest absolute Gasteiger partial charge is 0.383 e. The van der Waals surface area contributed by atoms with E-state index in [1.54, 1.807) is 16.8 Å². The van der Waals surface area contributed by atoms with Gasteiger partial charge in [0.1, 0.15) is 23.7 Å². The maximum atomic E-state index is 14.0. The summed E-state index contributed by atoms with van der Waals surface area (Å²) in [6.07, 6.45) is -3.34. The molecule has 3 N–H and O–H groups in total. The highest BCUT2D eigenvalue weighted by atomic mass is 19.4. The molecule has 11 heteroatoms. The molecular formula is C23H20F4N6O. The summed E-state index contributed by atoms with van der Waals surface area (Å²) in [6, 6.07) is 8.04. The number of hydrogen-bond acceptors (Lipinski definition) is 5. The first-order chi connectivity index (χ1) is 15.9. The minimum atomic E-state index is -4.70. The molecule has 0 aliphatic rings. The number of nitrogens with zero attached hydrogens (tertiary/aromatic N) is 4. The molecule has 0 saturated carbocycles. The summed E-state index contributed by atoms with van der Waals surface area (Å²) in [7, 11) is 0. The maximum Gasteiger partial charge on any atom is 0.416 e. The lowest BCUT2D eigenvalue weighted by atomic mass is 10.1. The Balaban J connectivity index is 1.66. The molecule has 0 bridgehead atoms. The fraction of sp³-hybridized carbons (Fsp3) is 0.217. The quantitative estimate of drug-likeness (QED) is 0.397. The van der Waals surface area contributed by atoms with Crippen molar-refractivity contribution in [3.05, 3.63) is 65.7 Å². The number of alkyl halides is 3. The van der Waals surface area contributed by atoms with E-state index in [1.807, 2.05) is 20.8 Å². The van der Waals surface area contributed by atoms with Crippen LogP contribution >= 0.6 is 0 Å². The Morgan fingerprint density at radius 2 is 1.71 bits per heavy atom. The number of anilines is 2. The first-order valence-electron chi connectivity index (χ1n) is 10.1. The van der Waals surface area contributed by atoms with Crippen LogP contribution in [0.15, 0.2) is 48.8 Å². The Labute approximate surface area is 191 Å². The van der Waals surface area contributed by atoms with Gasteiger partial charge in [0, 0.05) is 11.3 Å². The third-order valence-corrected chi connectivity index (χ3v) is 5.08. The number of benzene rings is 2. The molecule has 34 heavy (non-hydrogen) atoms. The Bertz CT molecular complexity index is 1390. The minimum absolute atomic E-state index is 0.257. The van der Waals surface area contributed by atoms with Gasteiger partial charge in [-0.3, -0.25) is 4.79 Å². The summed E-state index contributed by atoms with van der Waals surface area (Å²) < 4.78 is 54.5. The van der Waals surface area contributed by atoms with Crippen LogP contribution in [0.2, 0.25) is 0 Å². The molecule has 1 amide bonds. The van der Waals surface area contributed by atoms with Crippen LogP contribution in [-0.4, -0.2) is 25.7 Å². The van der Waals surface area contributed by atoms with E-state index in [4.69, 9.17) is 5.73 Å². The molecule has 4 aromatic rings. The van der Waals surface area contributed by atoms with Crippen molar-refractivity contribution in [2.24, 2.45) is 0 Å². The summed E-state index contributed by atoms with van der Waals surface area (Å²) >= 11 is 0. The summed E-state index contributed by atoms with van der Waals surface area (Å²) in [4.78, 5) is 20.8. The van der Waals surface area contributed by atoms with Crippen LogP contribution in [0.25, 0.3) is 22.3 Å². The third kappa shape index (κ3) is 4.28. The number of nitrogen functional groups attached to an aromatic ring is 1. The predicted molar refractivity (Wildman–Crippen MR) is 120 cm³/mol. The van der Waals surface area contributed by atoms with Crippen LogP contribution in [0, 0.1) is 5.82 Å². The fourth-order valence-corrected chi connectivity index (χ4v) is 3.43. The van der Waals surface area contributed by atoms with Crippen molar-refractivity contribution in [1.82, 2.24) is 19.7 Å². The standard InChI is InChI=1S/C23H20F4N6O/c1-22(2,3)33-20-17(19(28)29-11-30-20)18(32-33)12-4-7-14(8-5-12)31-21(34)15-10-13(23(25,26)27)6-9-16(15)24/h4-11H,1-3H3,(H,31,34)(H2,28,29,30). The number of nitrogens with two attached hydrogens (primary N) is 1. The average Bonchev–Trinajstić information content (AvgIpc) is 3.15. The molecule has 0 radical (unpaired) electrons. The van der Waals surface area contributed by atoms with Gasteiger partial charge in [0.2, 0.25) is 0 Å². The van der Waals surface area contributed by atoms with E-state index in [-0.39, 0.29) is 17.0 Å². The van der Waals surface area contributed by atoms with Crippen LogP contribution < -0.4 is 11.1 Å². The summed E-state index contributed by atoms with van der Waals surface area (Å²) in [5, 5.41) is 7.65. The number of carbonyl (C=O) groups excluding carboxylic acids is 1. The van der Waals surface area contributed by atoms with Gasteiger partial charge >= 0.3 is 6.18 Å². The topological polar surface area (TPSA) is 98.7 Å². The van der Waals surface area contributed by atoms with E-state index in [0.29, 0.717) is 40.5 Å². The highest BCUT2D eigenvalue weighted by Crippen LogP contribution is 2.34. The second-order valence-corrected chi connectivity index (χ2v) is 8.61. The molecule has 7 nitrogen and oxygen atoms in total. The molecule has 2 heterocycles. The molecule has 4 rings (SSSR count). The predicted octanol–water partition coefficient (Wildman–Crippen LogP) is 5.24. The number of amides is 1. The molecule has 2 aromatic carbocycles. The van der Waals surface area contributed by atoms with Crippen molar-refractivity contribution >= 4 is 28.4 Å². The van der Waals surface area contributed by atoms with Crippen molar-refractivity contribution in [2.75, 3.05) is 11.1 Å². The number of carbonyl (C=O) groups is 1. The number of hydrogen-bond donors (Lipinski definition) is 2. The van der Waals surface area contributed by atoms with Gasteiger partial charge in [-0.1, -0.05) is 12.1 Å². The van der Waals surface area contributed by atoms with Crippen LogP contribution in [0.5, 0.6) is 0 Å².